The van der Waals surface area contributed by atoms with E-state index in [-0.39, 0.29) is 16.8 Å². The number of piperidine rings is 1. The van der Waals surface area contributed by atoms with Crippen LogP contribution in [0.1, 0.15) is 12.8 Å². The Kier molecular flexibility index (Phi) is 4.06. The number of benzene rings is 1. The molecule has 104 valence electrons. The zero-order valence-corrected chi connectivity index (χ0v) is 11.5. The van der Waals surface area contributed by atoms with Crippen molar-refractivity contribution in [2.45, 2.75) is 23.8 Å². The molecule has 1 aliphatic rings. The summed E-state index contributed by atoms with van der Waals surface area (Å²) in [6, 6.07) is 6.78. The lowest BCUT2D eigenvalue weighted by atomic mass is 10.1. The maximum Gasteiger partial charge on any atom is 0.242 e. The number of rotatable bonds is 4. The molecule has 0 bridgehead atoms. The largest absolute Gasteiger partial charge is 0.379 e. The van der Waals surface area contributed by atoms with Crippen molar-refractivity contribution in [2.24, 2.45) is 0 Å². The minimum Gasteiger partial charge on any atom is -0.379 e. The fourth-order valence-corrected chi connectivity index (χ4v) is 2.90. The smallest absolute Gasteiger partial charge is 0.242 e. The summed E-state index contributed by atoms with van der Waals surface area (Å²) in [7, 11) is -2.11. The summed E-state index contributed by atoms with van der Waals surface area (Å²) < 4.78 is 26.1. The van der Waals surface area contributed by atoms with Crippen LogP contribution in [0, 0.1) is 0 Å². The van der Waals surface area contributed by atoms with Crippen LogP contribution in [0.4, 0.5) is 5.69 Å². The zero-order chi connectivity index (χ0) is 13.9. The van der Waals surface area contributed by atoms with Gasteiger partial charge in [-0.3, -0.25) is 4.79 Å². The number of anilines is 1. The number of carbonyl (C=O) groups excluding carboxylic acids is 1. The van der Waals surface area contributed by atoms with Gasteiger partial charge in [0, 0.05) is 19.0 Å². The van der Waals surface area contributed by atoms with Crippen LogP contribution in [0.15, 0.2) is 29.2 Å². The normalized spacial score (nSPS) is 19.8. The lowest BCUT2D eigenvalue weighted by Gasteiger charge is -2.25. The number of sulfonamides is 1. The zero-order valence-electron chi connectivity index (χ0n) is 10.6. The Labute approximate surface area is 112 Å². The molecule has 1 atom stereocenters. The third kappa shape index (κ3) is 3.24. The molecule has 0 aromatic heterocycles. The molecule has 1 unspecified atom stereocenters. The minimum atomic E-state index is -3.49. The molecule has 1 aromatic rings. The van der Waals surface area contributed by atoms with Crippen molar-refractivity contribution in [1.82, 2.24) is 10.0 Å². The van der Waals surface area contributed by atoms with E-state index in [1.165, 1.54) is 7.05 Å². The van der Waals surface area contributed by atoms with Gasteiger partial charge in [0.15, 0.2) is 0 Å². The number of hydrogen-bond acceptors (Lipinski definition) is 4. The van der Waals surface area contributed by atoms with Gasteiger partial charge in [-0.05, 0) is 25.6 Å². The summed E-state index contributed by atoms with van der Waals surface area (Å²) in [5.41, 5.74) is 0.554. The van der Waals surface area contributed by atoms with Gasteiger partial charge in [0.2, 0.25) is 15.9 Å². The molecule has 1 saturated heterocycles. The van der Waals surface area contributed by atoms with E-state index in [1.807, 2.05) is 0 Å². The predicted octanol–water partition coefficient (Wildman–Crippen LogP) is 0.285. The highest BCUT2D eigenvalue weighted by Crippen LogP contribution is 2.22. The molecule has 1 aromatic carbocycles. The Morgan fingerprint density at radius 1 is 1.32 bits per heavy atom. The highest BCUT2D eigenvalue weighted by atomic mass is 32.2. The van der Waals surface area contributed by atoms with Crippen molar-refractivity contribution < 1.29 is 13.2 Å². The summed E-state index contributed by atoms with van der Waals surface area (Å²) in [6.07, 6.45) is 1.15. The standard InChI is InChI=1S/C12H17N3O3S/c1-13-19(17,18)11-5-3-2-4-10(11)15-9-6-7-12(16)14-8-9/h2-5,9,13,15H,6-8H2,1H3,(H,14,16). The van der Waals surface area contributed by atoms with Gasteiger partial charge in [-0.2, -0.15) is 0 Å². The van der Waals surface area contributed by atoms with Gasteiger partial charge in [-0.25, -0.2) is 13.1 Å². The Balaban J connectivity index is 2.19. The van der Waals surface area contributed by atoms with Gasteiger partial charge in [0.25, 0.3) is 0 Å². The number of hydrogen-bond donors (Lipinski definition) is 3. The van der Waals surface area contributed by atoms with Gasteiger partial charge >= 0.3 is 0 Å². The minimum absolute atomic E-state index is 0.0363. The van der Waals surface area contributed by atoms with Gasteiger partial charge in [0.05, 0.1) is 5.69 Å². The van der Waals surface area contributed by atoms with Crippen molar-refractivity contribution in [3.63, 3.8) is 0 Å². The third-order valence-corrected chi connectivity index (χ3v) is 4.54. The van der Waals surface area contributed by atoms with Crippen LogP contribution in [0.25, 0.3) is 0 Å². The highest BCUT2D eigenvalue weighted by molar-refractivity contribution is 7.89. The van der Waals surface area contributed by atoms with Crippen molar-refractivity contribution in [3.8, 4) is 0 Å². The Bertz CT molecular complexity index is 561. The Morgan fingerprint density at radius 2 is 2.05 bits per heavy atom. The Hall–Kier alpha value is -1.60. The van der Waals surface area contributed by atoms with Crippen LogP contribution < -0.4 is 15.4 Å². The summed E-state index contributed by atoms with van der Waals surface area (Å²) in [5, 5.41) is 5.93. The Morgan fingerprint density at radius 3 is 2.68 bits per heavy atom. The molecule has 2 rings (SSSR count). The number of carbonyl (C=O) groups is 1. The van der Waals surface area contributed by atoms with Crippen molar-refractivity contribution >= 4 is 21.6 Å². The first-order chi connectivity index (χ1) is 9.03. The van der Waals surface area contributed by atoms with Crippen molar-refractivity contribution in [3.05, 3.63) is 24.3 Å². The average Bonchev–Trinajstić information content (AvgIpc) is 2.42. The molecule has 0 spiro atoms. The van der Waals surface area contributed by atoms with Crippen molar-refractivity contribution in [1.29, 1.82) is 0 Å². The van der Waals surface area contributed by atoms with Crippen LogP contribution in [-0.2, 0) is 14.8 Å². The third-order valence-electron chi connectivity index (χ3n) is 3.07. The average molecular weight is 283 g/mol. The van der Waals surface area contributed by atoms with Crippen molar-refractivity contribution in [2.75, 3.05) is 18.9 Å². The van der Waals surface area contributed by atoms with Gasteiger partial charge < -0.3 is 10.6 Å². The maximum atomic E-state index is 11.9. The molecule has 7 heteroatoms. The van der Waals surface area contributed by atoms with Crippen LogP contribution in [0.2, 0.25) is 0 Å². The van der Waals surface area contributed by atoms with Gasteiger partial charge in [-0.1, -0.05) is 12.1 Å². The molecule has 1 aliphatic heterocycles. The monoisotopic (exact) mass is 283 g/mol. The van der Waals surface area contributed by atoms with E-state index in [0.717, 1.165) is 0 Å². The fraction of sp³-hybridized carbons (Fsp3) is 0.417. The van der Waals surface area contributed by atoms with Crippen LogP contribution >= 0.6 is 0 Å². The molecule has 6 nitrogen and oxygen atoms in total. The van der Waals surface area contributed by atoms with Gasteiger partial charge in [-0.15, -0.1) is 0 Å². The molecule has 0 saturated carbocycles. The second kappa shape index (κ2) is 5.58. The van der Waals surface area contributed by atoms with E-state index in [9.17, 15) is 13.2 Å². The first-order valence-electron chi connectivity index (χ1n) is 6.09. The second-order valence-electron chi connectivity index (χ2n) is 4.39. The van der Waals surface area contributed by atoms with E-state index in [1.54, 1.807) is 24.3 Å². The molecule has 0 aliphatic carbocycles. The first kappa shape index (κ1) is 13.8. The molecular formula is C12H17N3O3S. The first-order valence-corrected chi connectivity index (χ1v) is 7.57. The molecule has 3 N–H and O–H groups in total. The lowest BCUT2D eigenvalue weighted by molar-refractivity contribution is -0.122. The summed E-state index contributed by atoms with van der Waals surface area (Å²) in [5.74, 6) is 0.0363. The summed E-state index contributed by atoms with van der Waals surface area (Å²) in [6.45, 7) is 0.507. The SMILES string of the molecule is CNS(=O)(=O)c1ccccc1NC1CCC(=O)NC1. The molecule has 1 fully saturated rings. The molecule has 1 heterocycles. The number of para-hydroxylation sites is 1. The number of amides is 1. The predicted molar refractivity (Wildman–Crippen MR) is 72.3 cm³/mol. The van der Waals surface area contributed by atoms with Crippen LogP contribution in [-0.4, -0.2) is 34.0 Å². The topological polar surface area (TPSA) is 87.3 Å². The van der Waals surface area contributed by atoms with E-state index in [2.05, 4.69) is 15.4 Å². The van der Waals surface area contributed by atoms with Gasteiger partial charge in [0.1, 0.15) is 4.90 Å². The summed E-state index contributed by atoms with van der Waals surface area (Å²) >= 11 is 0. The quantitative estimate of drug-likeness (QED) is 0.741. The number of nitrogens with one attached hydrogen (secondary N) is 3. The molecular weight excluding hydrogens is 266 g/mol. The van der Waals surface area contributed by atoms with Crippen LogP contribution in [0.5, 0.6) is 0 Å². The lowest BCUT2D eigenvalue weighted by Crippen LogP contribution is -2.42. The molecule has 0 radical (unpaired) electrons. The molecule has 19 heavy (non-hydrogen) atoms. The summed E-state index contributed by atoms with van der Waals surface area (Å²) in [4.78, 5) is 11.3. The van der Waals surface area contributed by atoms with E-state index in [4.69, 9.17) is 0 Å². The van der Waals surface area contributed by atoms with E-state index in [0.29, 0.717) is 25.1 Å². The molecule has 1 amide bonds. The highest BCUT2D eigenvalue weighted by Gasteiger charge is 2.21. The van der Waals surface area contributed by atoms with Crippen LogP contribution in [0.3, 0.4) is 0 Å². The van der Waals surface area contributed by atoms with E-state index >= 15 is 0 Å². The maximum absolute atomic E-state index is 11.9. The second-order valence-corrected chi connectivity index (χ2v) is 6.24. The fourth-order valence-electron chi connectivity index (χ4n) is 2.01. The van der Waals surface area contributed by atoms with E-state index < -0.39 is 10.0 Å².